The lowest BCUT2D eigenvalue weighted by molar-refractivity contribution is -0.116. The van der Waals surface area contributed by atoms with Gasteiger partial charge in [0.25, 0.3) is 0 Å². The Bertz CT molecular complexity index is 509. The number of hydrogen-bond donors (Lipinski definition) is 3. The van der Waals surface area contributed by atoms with E-state index in [4.69, 9.17) is 5.73 Å². The topological polar surface area (TPSA) is 79.5 Å². The quantitative estimate of drug-likeness (QED) is 0.535. The van der Waals surface area contributed by atoms with Crippen molar-refractivity contribution in [2.45, 2.75) is 40.7 Å². The van der Waals surface area contributed by atoms with E-state index in [0.717, 1.165) is 17.8 Å². The third kappa shape index (κ3) is 7.67. The van der Waals surface area contributed by atoms with E-state index in [1.807, 2.05) is 38.1 Å². The van der Waals surface area contributed by atoms with Crippen LogP contribution in [0, 0.1) is 11.8 Å². The highest BCUT2D eigenvalue weighted by Crippen LogP contribution is 2.13. The number of anilines is 1. The summed E-state index contributed by atoms with van der Waals surface area (Å²) in [7, 11) is 0. The van der Waals surface area contributed by atoms with Gasteiger partial charge in [0.1, 0.15) is 0 Å². The van der Waals surface area contributed by atoms with Gasteiger partial charge in [0.15, 0.2) is 5.96 Å². The van der Waals surface area contributed by atoms with E-state index >= 15 is 0 Å². The highest BCUT2D eigenvalue weighted by atomic mass is 16.1. The number of hydrogen-bond acceptors (Lipinski definition) is 2. The molecule has 0 saturated heterocycles. The molecule has 22 heavy (non-hydrogen) atoms. The summed E-state index contributed by atoms with van der Waals surface area (Å²) >= 11 is 0. The van der Waals surface area contributed by atoms with Crippen LogP contribution in [0.25, 0.3) is 0 Å². The summed E-state index contributed by atoms with van der Waals surface area (Å²) in [5.74, 6) is 1.35. The number of amides is 1. The van der Waals surface area contributed by atoms with E-state index in [-0.39, 0.29) is 5.91 Å². The molecule has 5 nitrogen and oxygen atoms in total. The number of nitrogens with one attached hydrogen (secondary N) is 2. The number of nitrogens with two attached hydrogens (primary N) is 1. The molecule has 0 fully saturated rings. The van der Waals surface area contributed by atoms with E-state index in [9.17, 15) is 4.79 Å². The molecule has 0 aliphatic rings. The van der Waals surface area contributed by atoms with Crippen molar-refractivity contribution in [1.29, 1.82) is 0 Å². The molecule has 0 aliphatic heterocycles. The van der Waals surface area contributed by atoms with E-state index in [2.05, 4.69) is 29.5 Å². The Labute approximate surface area is 133 Å². The molecule has 0 atom stereocenters. The lowest BCUT2D eigenvalue weighted by atomic mass is 10.1. The maximum Gasteiger partial charge on any atom is 0.224 e. The van der Waals surface area contributed by atoms with Gasteiger partial charge in [0.2, 0.25) is 5.91 Å². The standard InChI is InChI=1S/C17H28N4O/c1-12(2)8-16(22)21-15-7-5-6-14(9-15)11-20-17(18)19-10-13(3)4/h5-7,9,12-13H,8,10-11H2,1-4H3,(H,21,22)(H3,18,19,20). The summed E-state index contributed by atoms with van der Waals surface area (Å²) in [6.45, 7) is 9.58. The molecule has 122 valence electrons. The number of guanidine groups is 1. The third-order valence-electron chi connectivity index (χ3n) is 2.93. The lowest BCUT2D eigenvalue weighted by Crippen LogP contribution is -2.34. The number of nitrogens with zero attached hydrogens (tertiary/aromatic N) is 1. The van der Waals surface area contributed by atoms with Crippen molar-refractivity contribution in [2.24, 2.45) is 22.6 Å². The van der Waals surface area contributed by atoms with Gasteiger partial charge in [-0.15, -0.1) is 0 Å². The molecule has 0 radical (unpaired) electrons. The number of rotatable bonds is 7. The van der Waals surface area contributed by atoms with Crippen molar-refractivity contribution in [3.63, 3.8) is 0 Å². The van der Waals surface area contributed by atoms with Crippen molar-refractivity contribution in [3.8, 4) is 0 Å². The molecular formula is C17H28N4O. The van der Waals surface area contributed by atoms with Crippen LogP contribution >= 0.6 is 0 Å². The predicted molar refractivity (Wildman–Crippen MR) is 92.7 cm³/mol. The monoisotopic (exact) mass is 304 g/mol. The van der Waals surface area contributed by atoms with E-state index in [1.54, 1.807) is 0 Å². The molecule has 0 heterocycles. The molecule has 5 heteroatoms. The van der Waals surface area contributed by atoms with E-state index in [1.165, 1.54) is 0 Å². The normalized spacial score (nSPS) is 11.8. The van der Waals surface area contributed by atoms with Crippen LogP contribution in [0.15, 0.2) is 29.3 Å². The summed E-state index contributed by atoms with van der Waals surface area (Å²) in [6.07, 6.45) is 0.522. The minimum Gasteiger partial charge on any atom is -0.370 e. The summed E-state index contributed by atoms with van der Waals surface area (Å²) in [4.78, 5) is 16.1. The van der Waals surface area contributed by atoms with Crippen molar-refractivity contribution in [1.82, 2.24) is 5.32 Å². The lowest BCUT2D eigenvalue weighted by Gasteiger charge is -2.09. The van der Waals surface area contributed by atoms with Gasteiger partial charge >= 0.3 is 0 Å². The Morgan fingerprint density at radius 2 is 1.95 bits per heavy atom. The van der Waals surface area contributed by atoms with Gasteiger partial charge in [-0.05, 0) is 29.5 Å². The highest BCUT2D eigenvalue weighted by Gasteiger charge is 2.05. The Morgan fingerprint density at radius 1 is 1.23 bits per heavy atom. The first-order valence-corrected chi connectivity index (χ1v) is 7.79. The number of carbonyl (C=O) groups is 1. The van der Waals surface area contributed by atoms with Crippen molar-refractivity contribution < 1.29 is 4.79 Å². The maximum atomic E-state index is 11.8. The summed E-state index contributed by atoms with van der Waals surface area (Å²) < 4.78 is 0. The molecule has 0 aliphatic carbocycles. The molecule has 1 aromatic rings. The molecule has 1 amide bonds. The number of carbonyl (C=O) groups excluding carboxylic acids is 1. The number of benzene rings is 1. The SMILES string of the molecule is CC(C)CNC(N)=NCc1cccc(NC(=O)CC(C)C)c1. The van der Waals surface area contributed by atoms with Crippen LogP contribution in [0.1, 0.15) is 39.7 Å². The first-order valence-electron chi connectivity index (χ1n) is 7.79. The van der Waals surface area contributed by atoms with Crippen LogP contribution in [0.2, 0.25) is 0 Å². The molecule has 1 aromatic carbocycles. The summed E-state index contributed by atoms with van der Waals surface area (Å²) in [5.41, 5.74) is 7.62. The molecule has 0 spiro atoms. The Morgan fingerprint density at radius 3 is 2.59 bits per heavy atom. The van der Waals surface area contributed by atoms with Gasteiger partial charge in [-0.25, -0.2) is 4.99 Å². The minimum absolute atomic E-state index is 0.0359. The van der Waals surface area contributed by atoms with Crippen LogP contribution < -0.4 is 16.4 Å². The van der Waals surface area contributed by atoms with Gasteiger partial charge in [0.05, 0.1) is 6.54 Å². The molecule has 4 N–H and O–H groups in total. The van der Waals surface area contributed by atoms with Gasteiger partial charge < -0.3 is 16.4 Å². The molecule has 1 rings (SSSR count). The zero-order valence-electron chi connectivity index (χ0n) is 14.0. The van der Waals surface area contributed by atoms with Crippen molar-refractivity contribution in [3.05, 3.63) is 29.8 Å². The minimum atomic E-state index is 0.0359. The van der Waals surface area contributed by atoms with Crippen molar-refractivity contribution in [2.75, 3.05) is 11.9 Å². The highest BCUT2D eigenvalue weighted by molar-refractivity contribution is 5.90. The zero-order valence-corrected chi connectivity index (χ0v) is 14.0. The average molecular weight is 304 g/mol. The fourth-order valence-corrected chi connectivity index (χ4v) is 1.87. The largest absolute Gasteiger partial charge is 0.370 e. The molecular weight excluding hydrogens is 276 g/mol. The van der Waals surface area contributed by atoms with Crippen molar-refractivity contribution >= 4 is 17.6 Å². The summed E-state index contributed by atoms with van der Waals surface area (Å²) in [5, 5.41) is 5.99. The fraction of sp³-hybridized carbons (Fsp3) is 0.529. The first-order chi connectivity index (χ1) is 10.4. The summed E-state index contributed by atoms with van der Waals surface area (Å²) in [6, 6.07) is 7.69. The maximum absolute atomic E-state index is 11.8. The molecule has 0 unspecified atom stereocenters. The van der Waals surface area contributed by atoms with Crippen LogP contribution in [0.5, 0.6) is 0 Å². The fourth-order valence-electron chi connectivity index (χ4n) is 1.87. The van der Waals surface area contributed by atoms with Gasteiger partial charge in [-0.1, -0.05) is 39.8 Å². The smallest absolute Gasteiger partial charge is 0.224 e. The van der Waals surface area contributed by atoms with E-state index in [0.29, 0.717) is 30.8 Å². The third-order valence-corrected chi connectivity index (χ3v) is 2.93. The Kier molecular flexibility index (Phi) is 7.43. The second-order valence-electron chi connectivity index (χ2n) is 6.32. The predicted octanol–water partition coefficient (Wildman–Crippen LogP) is 2.73. The van der Waals surface area contributed by atoms with Crippen LogP contribution in [-0.4, -0.2) is 18.4 Å². The van der Waals surface area contributed by atoms with Crippen LogP contribution in [0.4, 0.5) is 5.69 Å². The number of aliphatic imine (C=N–C) groups is 1. The van der Waals surface area contributed by atoms with E-state index < -0.39 is 0 Å². The van der Waals surface area contributed by atoms with Crippen LogP contribution in [-0.2, 0) is 11.3 Å². The average Bonchev–Trinajstić information content (AvgIpc) is 2.42. The first kappa shape index (κ1) is 18.0. The molecule has 0 bridgehead atoms. The molecule has 0 aromatic heterocycles. The second kappa shape index (κ2) is 9.07. The van der Waals surface area contributed by atoms with Gasteiger partial charge in [0, 0.05) is 18.7 Å². The zero-order chi connectivity index (χ0) is 16.5. The van der Waals surface area contributed by atoms with Gasteiger partial charge in [-0.2, -0.15) is 0 Å². The molecule has 0 saturated carbocycles. The second-order valence-corrected chi connectivity index (χ2v) is 6.32. The van der Waals surface area contributed by atoms with Gasteiger partial charge in [-0.3, -0.25) is 4.79 Å². The Balaban J connectivity index is 2.57. The Hall–Kier alpha value is -2.04. The van der Waals surface area contributed by atoms with Crippen LogP contribution in [0.3, 0.4) is 0 Å².